The van der Waals surface area contributed by atoms with Crippen LogP contribution in [0.25, 0.3) is 0 Å². The summed E-state index contributed by atoms with van der Waals surface area (Å²) in [5.41, 5.74) is 0.861. The number of hydrogen-bond donors (Lipinski definition) is 0. The summed E-state index contributed by atoms with van der Waals surface area (Å²) in [5.74, 6) is 0.352. The van der Waals surface area contributed by atoms with E-state index in [0.29, 0.717) is 19.6 Å². The molecule has 2 fully saturated rings. The first-order valence-electron chi connectivity index (χ1n) is 8.59. The Bertz CT molecular complexity index is 666. The van der Waals surface area contributed by atoms with Gasteiger partial charge in [-0.2, -0.15) is 4.31 Å². The number of likely N-dealkylation sites (tertiary alicyclic amines) is 1. The summed E-state index contributed by atoms with van der Waals surface area (Å²) < 4.78 is 25.8. The van der Waals surface area contributed by atoms with Gasteiger partial charge in [-0.25, -0.2) is 8.42 Å². The molecular formula is C17H25N3O3S. The van der Waals surface area contributed by atoms with Crippen LogP contribution in [0.1, 0.15) is 37.7 Å². The van der Waals surface area contributed by atoms with Gasteiger partial charge in [-0.15, -0.1) is 0 Å². The average molecular weight is 351 g/mol. The molecule has 1 aromatic heterocycles. The minimum absolute atomic E-state index is 0.132. The molecule has 7 heteroatoms. The molecule has 1 saturated heterocycles. The van der Waals surface area contributed by atoms with Crippen LogP contribution in [0.4, 0.5) is 0 Å². The molecule has 1 amide bonds. The van der Waals surface area contributed by atoms with Crippen molar-refractivity contribution >= 4 is 15.9 Å². The van der Waals surface area contributed by atoms with Gasteiger partial charge < -0.3 is 4.90 Å². The molecule has 2 heterocycles. The van der Waals surface area contributed by atoms with Crippen molar-refractivity contribution in [3.63, 3.8) is 0 Å². The Balaban J connectivity index is 1.61. The number of carbonyl (C=O) groups excluding carboxylic acids is 1. The van der Waals surface area contributed by atoms with Gasteiger partial charge in [0.2, 0.25) is 15.9 Å². The number of amides is 1. The molecule has 0 atom stereocenters. The summed E-state index contributed by atoms with van der Waals surface area (Å²) in [6.07, 6.45) is 10.0. The van der Waals surface area contributed by atoms with Crippen molar-refractivity contribution in [2.24, 2.45) is 5.92 Å². The number of carbonyl (C=O) groups is 1. The zero-order valence-corrected chi connectivity index (χ0v) is 14.9. The van der Waals surface area contributed by atoms with Crippen molar-refractivity contribution in [1.29, 1.82) is 0 Å². The minimum Gasteiger partial charge on any atom is -0.339 e. The molecule has 1 aliphatic heterocycles. The van der Waals surface area contributed by atoms with Crippen molar-refractivity contribution in [3.05, 3.63) is 30.1 Å². The van der Waals surface area contributed by atoms with Crippen LogP contribution in [0.5, 0.6) is 0 Å². The Kier molecular flexibility index (Phi) is 5.20. The maximum absolute atomic E-state index is 12.5. The molecule has 1 aliphatic carbocycles. The Morgan fingerprint density at radius 3 is 2.58 bits per heavy atom. The summed E-state index contributed by atoms with van der Waals surface area (Å²) in [6.45, 7) is 1.31. The van der Waals surface area contributed by atoms with Crippen LogP contribution in [0.2, 0.25) is 0 Å². The summed E-state index contributed by atoms with van der Waals surface area (Å²) in [5, 5.41) is 0. The van der Waals surface area contributed by atoms with Crippen molar-refractivity contribution in [3.8, 4) is 0 Å². The first-order chi connectivity index (χ1) is 11.4. The van der Waals surface area contributed by atoms with E-state index < -0.39 is 10.0 Å². The lowest BCUT2D eigenvalue weighted by Gasteiger charge is -2.45. The number of sulfonamides is 1. The van der Waals surface area contributed by atoms with Crippen LogP contribution in [0, 0.1) is 5.92 Å². The van der Waals surface area contributed by atoms with Crippen LogP contribution in [-0.4, -0.2) is 53.9 Å². The molecule has 0 radical (unpaired) electrons. The smallest absolute Gasteiger partial charge is 0.225 e. The lowest BCUT2D eigenvalue weighted by Crippen LogP contribution is -2.62. The monoisotopic (exact) mass is 351 g/mol. The quantitative estimate of drug-likeness (QED) is 0.808. The van der Waals surface area contributed by atoms with Gasteiger partial charge in [0.25, 0.3) is 0 Å². The van der Waals surface area contributed by atoms with Crippen molar-refractivity contribution in [1.82, 2.24) is 14.2 Å². The number of nitrogens with zero attached hydrogens (tertiary/aromatic N) is 3. The maximum Gasteiger partial charge on any atom is 0.225 e. The van der Waals surface area contributed by atoms with Gasteiger partial charge in [0.05, 0.1) is 12.3 Å². The van der Waals surface area contributed by atoms with E-state index in [1.807, 2.05) is 11.0 Å². The highest BCUT2D eigenvalue weighted by molar-refractivity contribution is 7.88. The molecule has 24 heavy (non-hydrogen) atoms. The maximum atomic E-state index is 12.5. The van der Waals surface area contributed by atoms with Crippen LogP contribution < -0.4 is 0 Å². The Morgan fingerprint density at radius 1 is 1.29 bits per heavy atom. The Labute approximate surface area is 143 Å². The predicted octanol–water partition coefficient (Wildman–Crippen LogP) is 1.63. The van der Waals surface area contributed by atoms with E-state index in [1.54, 1.807) is 18.5 Å². The van der Waals surface area contributed by atoms with Gasteiger partial charge in [-0.3, -0.25) is 9.78 Å². The molecule has 132 valence electrons. The second-order valence-corrected chi connectivity index (χ2v) is 8.84. The summed E-state index contributed by atoms with van der Waals surface area (Å²) in [4.78, 5) is 18.4. The lowest BCUT2D eigenvalue weighted by atomic mass is 9.87. The first-order valence-corrected chi connectivity index (χ1v) is 10.4. The van der Waals surface area contributed by atoms with Crippen molar-refractivity contribution in [2.75, 3.05) is 19.3 Å². The average Bonchev–Trinajstić information content (AvgIpc) is 2.53. The zero-order chi connectivity index (χ0) is 17.2. The fourth-order valence-corrected chi connectivity index (χ4v) is 4.67. The highest BCUT2D eigenvalue weighted by atomic mass is 32.2. The molecule has 0 aromatic carbocycles. The van der Waals surface area contributed by atoms with E-state index in [1.165, 1.54) is 17.0 Å². The molecule has 2 aliphatic rings. The van der Waals surface area contributed by atoms with Gasteiger partial charge in [0, 0.05) is 37.9 Å². The van der Waals surface area contributed by atoms with Gasteiger partial charge in [0.15, 0.2) is 0 Å². The second-order valence-electron chi connectivity index (χ2n) is 6.90. The van der Waals surface area contributed by atoms with Gasteiger partial charge in [-0.05, 0) is 24.5 Å². The van der Waals surface area contributed by atoms with E-state index in [-0.39, 0.29) is 17.9 Å². The molecule has 0 spiro atoms. The highest BCUT2D eigenvalue weighted by Gasteiger charge is 2.40. The lowest BCUT2D eigenvalue weighted by molar-refractivity contribution is -0.143. The molecule has 0 bridgehead atoms. The molecule has 0 unspecified atom stereocenters. The Morgan fingerprint density at radius 2 is 2.00 bits per heavy atom. The zero-order valence-electron chi connectivity index (χ0n) is 14.1. The van der Waals surface area contributed by atoms with E-state index >= 15 is 0 Å². The highest BCUT2D eigenvalue weighted by Crippen LogP contribution is 2.29. The van der Waals surface area contributed by atoms with Crippen molar-refractivity contribution in [2.45, 2.75) is 44.7 Å². The number of pyridine rings is 1. The van der Waals surface area contributed by atoms with Crippen LogP contribution >= 0.6 is 0 Å². The van der Waals surface area contributed by atoms with E-state index in [4.69, 9.17) is 0 Å². The van der Waals surface area contributed by atoms with E-state index in [2.05, 4.69) is 4.98 Å². The second kappa shape index (κ2) is 7.19. The van der Waals surface area contributed by atoms with Gasteiger partial charge in [-0.1, -0.05) is 25.3 Å². The Hall–Kier alpha value is -1.47. The van der Waals surface area contributed by atoms with Crippen LogP contribution in [0.15, 0.2) is 24.5 Å². The molecular weight excluding hydrogens is 326 g/mol. The number of aromatic nitrogens is 1. The number of rotatable bonds is 5. The third-order valence-corrected chi connectivity index (χ3v) is 6.30. The minimum atomic E-state index is -3.33. The van der Waals surface area contributed by atoms with E-state index in [0.717, 1.165) is 31.2 Å². The predicted molar refractivity (Wildman–Crippen MR) is 91.6 cm³/mol. The molecule has 6 nitrogen and oxygen atoms in total. The van der Waals surface area contributed by atoms with Crippen molar-refractivity contribution < 1.29 is 13.2 Å². The molecule has 3 rings (SSSR count). The molecule has 1 saturated carbocycles. The summed E-state index contributed by atoms with van der Waals surface area (Å²) in [7, 11) is -3.33. The summed E-state index contributed by atoms with van der Waals surface area (Å²) >= 11 is 0. The number of hydrogen-bond acceptors (Lipinski definition) is 4. The van der Waals surface area contributed by atoms with Crippen LogP contribution in [0.3, 0.4) is 0 Å². The summed E-state index contributed by atoms with van der Waals surface area (Å²) in [6, 6.07) is 3.54. The topological polar surface area (TPSA) is 70.6 Å². The normalized spacial score (nSPS) is 20.2. The first kappa shape index (κ1) is 17.4. The van der Waals surface area contributed by atoms with Crippen LogP contribution in [-0.2, 0) is 21.4 Å². The van der Waals surface area contributed by atoms with Gasteiger partial charge in [0.1, 0.15) is 0 Å². The van der Waals surface area contributed by atoms with Gasteiger partial charge >= 0.3 is 0 Å². The molecule has 1 aromatic rings. The third kappa shape index (κ3) is 3.95. The largest absolute Gasteiger partial charge is 0.339 e. The molecule has 0 N–H and O–H groups in total. The van der Waals surface area contributed by atoms with E-state index in [9.17, 15) is 13.2 Å². The SMILES string of the molecule is CS(=O)(=O)N(Cc1cccnc1)C1CN(C(=O)C2CCCCC2)C1. The fraction of sp³-hybridized carbons (Fsp3) is 0.647. The third-order valence-electron chi connectivity index (χ3n) is 5.02. The fourth-order valence-electron chi connectivity index (χ4n) is 3.61. The standard InChI is InChI=1S/C17H25N3O3S/c1-24(22,23)20(11-14-6-5-9-18-10-14)16-12-19(13-16)17(21)15-7-3-2-4-8-15/h5-6,9-10,15-16H,2-4,7-8,11-13H2,1H3.